The first-order chi connectivity index (χ1) is 5.70. The highest BCUT2D eigenvalue weighted by Gasteiger charge is 2.22. The van der Waals surface area contributed by atoms with Crippen LogP contribution in [0.2, 0.25) is 0 Å². The molecule has 0 N–H and O–H groups in total. The van der Waals surface area contributed by atoms with Crippen molar-refractivity contribution in [2.45, 2.75) is 39.0 Å². The van der Waals surface area contributed by atoms with E-state index in [9.17, 15) is 9.59 Å². The molecule has 12 heavy (non-hydrogen) atoms. The number of carbonyl (C=O) groups excluding carboxylic acids is 2. The van der Waals surface area contributed by atoms with Crippen molar-refractivity contribution in [2.75, 3.05) is 0 Å². The van der Waals surface area contributed by atoms with Gasteiger partial charge in [-0.1, -0.05) is 19.3 Å². The second-order valence-corrected chi connectivity index (χ2v) is 4.43. The summed E-state index contributed by atoms with van der Waals surface area (Å²) in [6, 6.07) is 0. The SMILES string of the molecule is CC(=O)SC(=O)C1CCCCC1. The van der Waals surface area contributed by atoms with Gasteiger partial charge in [-0.2, -0.15) is 0 Å². The van der Waals surface area contributed by atoms with E-state index in [0.29, 0.717) is 0 Å². The number of rotatable bonds is 1. The van der Waals surface area contributed by atoms with Gasteiger partial charge in [-0.3, -0.25) is 9.59 Å². The Balaban J connectivity index is 2.34. The lowest BCUT2D eigenvalue weighted by Crippen LogP contribution is -2.15. The molecule has 0 aromatic heterocycles. The fraction of sp³-hybridized carbons (Fsp3) is 0.778. The molecule has 0 amide bonds. The van der Waals surface area contributed by atoms with Crippen LogP contribution in [0.3, 0.4) is 0 Å². The van der Waals surface area contributed by atoms with E-state index in [2.05, 4.69) is 0 Å². The minimum Gasteiger partial charge on any atom is -0.287 e. The van der Waals surface area contributed by atoms with E-state index >= 15 is 0 Å². The fourth-order valence-corrected chi connectivity index (χ4v) is 2.25. The second kappa shape index (κ2) is 4.65. The summed E-state index contributed by atoms with van der Waals surface area (Å²) in [5, 5.41) is 0.00720. The monoisotopic (exact) mass is 186 g/mol. The van der Waals surface area contributed by atoms with Gasteiger partial charge >= 0.3 is 0 Å². The number of thioether (sulfide) groups is 1. The molecule has 1 fully saturated rings. The van der Waals surface area contributed by atoms with Gasteiger partial charge in [-0.25, -0.2) is 0 Å². The van der Waals surface area contributed by atoms with E-state index in [-0.39, 0.29) is 16.1 Å². The van der Waals surface area contributed by atoms with Crippen molar-refractivity contribution in [3.63, 3.8) is 0 Å². The first-order valence-corrected chi connectivity index (χ1v) is 5.24. The van der Waals surface area contributed by atoms with Crippen LogP contribution in [0.25, 0.3) is 0 Å². The Labute approximate surface area is 77.1 Å². The molecular formula is C9H14O2S. The van der Waals surface area contributed by atoms with E-state index in [1.165, 1.54) is 13.3 Å². The van der Waals surface area contributed by atoms with Crippen LogP contribution < -0.4 is 0 Å². The maximum Gasteiger partial charge on any atom is 0.199 e. The standard InChI is InChI=1S/C9H14O2S/c1-7(10)12-9(11)8-5-3-2-4-6-8/h8H,2-6H2,1H3. The van der Waals surface area contributed by atoms with Crippen molar-refractivity contribution in [3.05, 3.63) is 0 Å². The molecule has 1 aliphatic carbocycles. The topological polar surface area (TPSA) is 34.1 Å². The molecule has 68 valence electrons. The van der Waals surface area contributed by atoms with Crippen molar-refractivity contribution in [2.24, 2.45) is 5.92 Å². The Morgan fingerprint density at radius 3 is 2.25 bits per heavy atom. The Hall–Kier alpha value is -0.310. The lowest BCUT2D eigenvalue weighted by atomic mass is 9.90. The van der Waals surface area contributed by atoms with Crippen LogP contribution in [0.1, 0.15) is 39.0 Å². The highest BCUT2D eigenvalue weighted by Crippen LogP contribution is 2.27. The molecule has 0 bridgehead atoms. The van der Waals surface area contributed by atoms with Crippen LogP contribution >= 0.6 is 11.8 Å². The number of carbonyl (C=O) groups is 2. The van der Waals surface area contributed by atoms with Gasteiger partial charge in [0, 0.05) is 12.8 Å². The van der Waals surface area contributed by atoms with Gasteiger partial charge in [0.25, 0.3) is 0 Å². The summed E-state index contributed by atoms with van der Waals surface area (Å²) in [7, 11) is 0. The molecule has 0 radical (unpaired) electrons. The molecule has 0 heterocycles. The average Bonchev–Trinajstić information content (AvgIpc) is 2.05. The van der Waals surface area contributed by atoms with Crippen molar-refractivity contribution < 1.29 is 9.59 Å². The van der Waals surface area contributed by atoms with Crippen LogP contribution in [0.4, 0.5) is 0 Å². The average molecular weight is 186 g/mol. The third-order valence-corrected chi connectivity index (χ3v) is 3.00. The van der Waals surface area contributed by atoms with Gasteiger partial charge in [-0.15, -0.1) is 0 Å². The van der Waals surface area contributed by atoms with Crippen LogP contribution in [0, 0.1) is 5.92 Å². The van der Waals surface area contributed by atoms with Gasteiger partial charge in [0.2, 0.25) is 0 Å². The molecule has 1 saturated carbocycles. The maximum atomic E-state index is 11.4. The van der Waals surface area contributed by atoms with Crippen molar-refractivity contribution in [1.82, 2.24) is 0 Å². The van der Waals surface area contributed by atoms with Crippen molar-refractivity contribution >= 4 is 22.0 Å². The van der Waals surface area contributed by atoms with Crippen molar-refractivity contribution in [3.8, 4) is 0 Å². The minimum atomic E-state index is -0.0782. The smallest absolute Gasteiger partial charge is 0.199 e. The Bertz CT molecular complexity index is 183. The van der Waals surface area contributed by atoms with Crippen LogP contribution in [0.5, 0.6) is 0 Å². The molecule has 0 atom stereocenters. The van der Waals surface area contributed by atoms with E-state index in [1.54, 1.807) is 0 Å². The van der Waals surface area contributed by atoms with E-state index < -0.39 is 0 Å². The molecule has 0 saturated heterocycles. The molecule has 2 nitrogen and oxygen atoms in total. The summed E-state index contributed by atoms with van der Waals surface area (Å²) >= 11 is 0.883. The van der Waals surface area contributed by atoms with E-state index in [0.717, 1.165) is 37.4 Å². The largest absolute Gasteiger partial charge is 0.287 e. The highest BCUT2D eigenvalue weighted by atomic mass is 32.2. The number of hydrogen-bond acceptors (Lipinski definition) is 3. The quantitative estimate of drug-likeness (QED) is 0.630. The Morgan fingerprint density at radius 2 is 1.75 bits per heavy atom. The van der Waals surface area contributed by atoms with Crippen LogP contribution in [-0.4, -0.2) is 10.2 Å². The molecule has 0 aromatic carbocycles. The van der Waals surface area contributed by atoms with Gasteiger partial charge in [0.1, 0.15) is 0 Å². The summed E-state index contributed by atoms with van der Waals surface area (Å²) in [6.45, 7) is 1.45. The minimum absolute atomic E-state index is 0.0782. The molecule has 0 spiro atoms. The maximum absolute atomic E-state index is 11.4. The second-order valence-electron chi connectivity index (χ2n) is 3.25. The number of hydrogen-bond donors (Lipinski definition) is 0. The third kappa shape index (κ3) is 2.97. The third-order valence-electron chi connectivity index (χ3n) is 2.18. The predicted octanol–water partition coefficient (Wildman–Crippen LogP) is 2.37. The first kappa shape index (κ1) is 9.78. The summed E-state index contributed by atoms with van der Waals surface area (Å²) in [6.07, 6.45) is 5.51. The van der Waals surface area contributed by atoms with Gasteiger partial charge < -0.3 is 0 Å². The van der Waals surface area contributed by atoms with Gasteiger partial charge in [0.05, 0.1) is 0 Å². The van der Waals surface area contributed by atoms with E-state index in [4.69, 9.17) is 0 Å². The lowest BCUT2D eigenvalue weighted by molar-refractivity contribution is -0.115. The van der Waals surface area contributed by atoms with Crippen molar-refractivity contribution in [1.29, 1.82) is 0 Å². The molecule has 3 heteroatoms. The zero-order valence-electron chi connectivity index (χ0n) is 7.34. The summed E-state index contributed by atoms with van der Waals surface area (Å²) in [5.74, 6) is 0.160. The van der Waals surface area contributed by atoms with Crippen LogP contribution in [0.15, 0.2) is 0 Å². The molecular weight excluding hydrogens is 172 g/mol. The zero-order chi connectivity index (χ0) is 8.97. The van der Waals surface area contributed by atoms with Gasteiger partial charge in [0.15, 0.2) is 10.2 Å². The zero-order valence-corrected chi connectivity index (χ0v) is 8.15. The predicted molar refractivity (Wildman–Crippen MR) is 49.9 cm³/mol. The Morgan fingerprint density at radius 1 is 1.17 bits per heavy atom. The molecule has 1 aliphatic rings. The van der Waals surface area contributed by atoms with Crippen LogP contribution in [-0.2, 0) is 9.59 Å². The normalized spacial score (nSPS) is 19.1. The highest BCUT2D eigenvalue weighted by molar-refractivity contribution is 8.26. The Kier molecular flexibility index (Phi) is 3.79. The summed E-state index contributed by atoms with van der Waals surface area (Å²) in [5.41, 5.74) is 0. The summed E-state index contributed by atoms with van der Waals surface area (Å²) in [4.78, 5) is 22.0. The van der Waals surface area contributed by atoms with Gasteiger partial charge in [-0.05, 0) is 24.6 Å². The fourth-order valence-electron chi connectivity index (χ4n) is 1.56. The molecule has 0 unspecified atom stereocenters. The summed E-state index contributed by atoms with van der Waals surface area (Å²) < 4.78 is 0. The molecule has 1 rings (SSSR count). The molecule has 0 aromatic rings. The lowest BCUT2D eigenvalue weighted by Gasteiger charge is -2.18. The first-order valence-electron chi connectivity index (χ1n) is 4.42. The molecule has 0 aliphatic heterocycles. The van der Waals surface area contributed by atoms with E-state index in [1.807, 2.05) is 0 Å².